The SMILES string of the molecule is CC(=O)N1c2ccc(S(=O)(=O)N3CCCCC3)cc2CC1C(=O)N1CCN(c2ccccc2)CC1. The van der Waals surface area contributed by atoms with Crippen LogP contribution >= 0.6 is 0 Å². The van der Waals surface area contributed by atoms with Crippen molar-refractivity contribution in [2.75, 3.05) is 49.1 Å². The molecular formula is C26H32N4O4S. The van der Waals surface area contributed by atoms with Crippen molar-refractivity contribution in [3.05, 3.63) is 54.1 Å². The number of fused-ring (bicyclic) bond motifs is 1. The van der Waals surface area contributed by atoms with Crippen LogP contribution in [0.15, 0.2) is 53.4 Å². The van der Waals surface area contributed by atoms with Gasteiger partial charge in [-0.1, -0.05) is 24.6 Å². The number of para-hydroxylation sites is 1. The normalized spacial score (nSPS) is 21.2. The highest BCUT2D eigenvalue weighted by atomic mass is 32.2. The lowest BCUT2D eigenvalue weighted by molar-refractivity contribution is -0.134. The second-order valence-electron chi connectivity index (χ2n) is 9.51. The van der Waals surface area contributed by atoms with Gasteiger partial charge in [0.25, 0.3) is 0 Å². The molecule has 2 aromatic rings. The molecule has 0 saturated carbocycles. The monoisotopic (exact) mass is 496 g/mol. The van der Waals surface area contributed by atoms with Crippen LogP contribution < -0.4 is 9.80 Å². The van der Waals surface area contributed by atoms with E-state index in [0.717, 1.165) is 43.6 Å². The highest BCUT2D eigenvalue weighted by Crippen LogP contribution is 2.36. The van der Waals surface area contributed by atoms with E-state index in [1.165, 1.54) is 6.92 Å². The molecule has 0 spiro atoms. The molecule has 1 unspecified atom stereocenters. The predicted octanol–water partition coefficient (Wildman–Crippen LogP) is 2.49. The van der Waals surface area contributed by atoms with E-state index in [2.05, 4.69) is 17.0 Å². The number of anilines is 2. The Hall–Kier alpha value is -2.91. The lowest BCUT2D eigenvalue weighted by Gasteiger charge is -2.38. The van der Waals surface area contributed by atoms with E-state index >= 15 is 0 Å². The minimum Gasteiger partial charge on any atom is -0.368 e. The van der Waals surface area contributed by atoms with Gasteiger partial charge in [-0.05, 0) is 48.7 Å². The molecule has 2 fully saturated rings. The number of hydrogen-bond acceptors (Lipinski definition) is 5. The second kappa shape index (κ2) is 9.62. The van der Waals surface area contributed by atoms with E-state index in [0.29, 0.717) is 38.3 Å². The molecule has 3 heterocycles. The molecule has 186 valence electrons. The number of rotatable bonds is 4. The molecule has 2 amide bonds. The second-order valence-corrected chi connectivity index (χ2v) is 11.5. The average molecular weight is 497 g/mol. The third-order valence-corrected chi connectivity index (χ3v) is 9.22. The van der Waals surface area contributed by atoms with Gasteiger partial charge in [-0.2, -0.15) is 4.31 Å². The minimum absolute atomic E-state index is 0.0791. The Morgan fingerprint density at radius 1 is 0.857 bits per heavy atom. The van der Waals surface area contributed by atoms with Crippen molar-refractivity contribution < 1.29 is 18.0 Å². The van der Waals surface area contributed by atoms with E-state index < -0.39 is 16.1 Å². The number of nitrogens with zero attached hydrogens (tertiary/aromatic N) is 4. The number of sulfonamides is 1. The maximum Gasteiger partial charge on any atom is 0.246 e. The van der Waals surface area contributed by atoms with Gasteiger partial charge in [-0.25, -0.2) is 8.42 Å². The number of hydrogen-bond donors (Lipinski definition) is 0. The first-order chi connectivity index (χ1) is 16.9. The molecule has 2 saturated heterocycles. The number of benzene rings is 2. The molecular weight excluding hydrogens is 464 g/mol. The van der Waals surface area contributed by atoms with Crippen LogP contribution in [-0.2, 0) is 26.0 Å². The van der Waals surface area contributed by atoms with Crippen LogP contribution in [0.5, 0.6) is 0 Å². The topological polar surface area (TPSA) is 81.2 Å². The Morgan fingerprint density at radius 3 is 2.20 bits per heavy atom. The minimum atomic E-state index is -3.58. The highest BCUT2D eigenvalue weighted by Gasteiger charge is 2.40. The van der Waals surface area contributed by atoms with Crippen LogP contribution in [0.4, 0.5) is 11.4 Å². The fourth-order valence-corrected chi connectivity index (χ4v) is 7.03. The molecule has 9 heteroatoms. The van der Waals surface area contributed by atoms with Gasteiger partial charge >= 0.3 is 0 Å². The van der Waals surface area contributed by atoms with Gasteiger partial charge in [-0.15, -0.1) is 0 Å². The number of piperazine rings is 1. The molecule has 1 atom stereocenters. The zero-order valence-corrected chi connectivity index (χ0v) is 20.9. The van der Waals surface area contributed by atoms with E-state index in [1.807, 2.05) is 23.1 Å². The van der Waals surface area contributed by atoms with Gasteiger partial charge in [0.2, 0.25) is 21.8 Å². The summed E-state index contributed by atoms with van der Waals surface area (Å²) in [5.74, 6) is -0.291. The maximum absolute atomic E-state index is 13.5. The Bertz CT molecular complexity index is 1200. The molecule has 0 radical (unpaired) electrons. The third-order valence-electron chi connectivity index (χ3n) is 7.33. The Balaban J connectivity index is 1.33. The first-order valence-electron chi connectivity index (χ1n) is 12.4. The Morgan fingerprint density at radius 2 is 1.54 bits per heavy atom. The largest absolute Gasteiger partial charge is 0.368 e. The van der Waals surface area contributed by atoms with Gasteiger partial charge < -0.3 is 9.80 Å². The van der Waals surface area contributed by atoms with Crippen molar-refractivity contribution in [1.29, 1.82) is 0 Å². The molecule has 0 aliphatic carbocycles. The molecule has 0 bridgehead atoms. The zero-order valence-electron chi connectivity index (χ0n) is 20.1. The van der Waals surface area contributed by atoms with Crippen molar-refractivity contribution in [2.24, 2.45) is 0 Å². The molecule has 35 heavy (non-hydrogen) atoms. The van der Waals surface area contributed by atoms with Gasteiger partial charge in [0, 0.05) is 64.0 Å². The van der Waals surface area contributed by atoms with Crippen LogP contribution in [0.1, 0.15) is 31.7 Å². The fourth-order valence-electron chi connectivity index (χ4n) is 5.46. The highest BCUT2D eigenvalue weighted by molar-refractivity contribution is 7.89. The number of amides is 2. The van der Waals surface area contributed by atoms with Crippen molar-refractivity contribution in [1.82, 2.24) is 9.21 Å². The van der Waals surface area contributed by atoms with Crippen LogP contribution in [0.3, 0.4) is 0 Å². The smallest absolute Gasteiger partial charge is 0.246 e. The molecule has 8 nitrogen and oxygen atoms in total. The molecule has 0 aromatic heterocycles. The van der Waals surface area contributed by atoms with Crippen LogP contribution in [0, 0.1) is 0 Å². The van der Waals surface area contributed by atoms with Crippen LogP contribution in [0.25, 0.3) is 0 Å². The van der Waals surface area contributed by atoms with Crippen molar-refractivity contribution in [3.63, 3.8) is 0 Å². The summed E-state index contributed by atoms with van der Waals surface area (Å²) in [7, 11) is -3.58. The van der Waals surface area contributed by atoms with Crippen LogP contribution in [0.2, 0.25) is 0 Å². The quantitative estimate of drug-likeness (QED) is 0.650. The standard InChI is InChI=1S/C26H32N4O4S/c1-20(31)30-24-11-10-23(35(33,34)29-12-6-3-7-13-29)18-21(24)19-25(30)26(32)28-16-14-27(15-17-28)22-8-4-2-5-9-22/h2,4-5,8-11,18,25H,3,6-7,12-17,19H2,1H3. The van der Waals surface area contributed by atoms with Crippen molar-refractivity contribution in [2.45, 2.75) is 43.5 Å². The number of carbonyl (C=O) groups excluding carboxylic acids is 2. The Kier molecular flexibility index (Phi) is 6.55. The molecule has 3 aliphatic heterocycles. The molecule has 2 aromatic carbocycles. The molecule has 3 aliphatic rings. The van der Waals surface area contributed by atoms with E-state index in [1.54, 1.807) is 27.4 Å². The predicted molar refractivity (Wildman–Crippen MR) is 135 cm³/mol. The summed E-state index contributed by atoms with van der Waals surface area (Å²) in [5.41, 5.74) is 2.51. The first-order valence-corrected chi connectivity index (χ1v) is 13.8. The van der Waals surface area contributed by atoms with Gasteiger partial charge in [0.1, 0.15) is 6.04 Å². The van der Waals surface area contributed by atoms with Crippen molar-refractivity contribution in [3.8, 4) is 0 Å². The van der Waals surface area contributed by atoms with Crippen molar-refractivity contribution >= 4 is 33.2 Å². The fraction of sp³-hybridized carbons (Fsp3) is 0.462. The first kappa shape index (κ1) is 23.8. The number of piperidine rings is 1. The Labute approximate surface area is 207 Å². The van der Waals surface area contributed by atoms with E-state index in [-0.39, 0.29) is 16.7 Å². The van der Waals surface area contributed by atoms with Crippen LogP contribution in [-0.4, -0.2) is 74.7 Å². The third kappa shape index (κ3) is 4.54. The molecule has 0 N–H and O–H groups in total. The summed E-state index contributed by atoms with van der Waals surface area (Å²) in [6.45, 7) is 5.16. The van der Waals surface area contributed by atoms with Gasteiger partial charge in [0.15, 0.2) is 0 Å². The van der Waals surface area contributed by atoms with Gasteiger partial charge in [-0.3, -0.25) is 14.5 Å². The summed E-state index contributed by atoms with van der Waals surface area (Å²) in [6, 6.07) is 14.4. The summed E-state index contributed by atoms with van der Waals surface area (Å²) in [5, 5.41) is 0. The zero-order chi connectivity index (χ0) is 24.6. The van der Waals surface area contributed by atoms with E-state index in [4.69, 9.17) is 0 Å². The average Bonchev–Trinajstić information content (AvgIpc) is 3.28. The maximum atomic E-state index is 13.5. The lowest BCUT2D eigenvalue weighted by Crippen LogP contribution is -2.55. The summed E-state index contributed by atoms with van der Waals surface area (Å²) in [6.07, 6.45) is 3.12. The van der Waals surface area contributed by atoms with E-state index in [9.17, 15) is 18.0 Å². The molecule has 5 rings (SSSR count). The summed E-state index contributed by atoms with van der Waals surface area (Å²) < 4.78 is 27.9. The summed E-state index contributed by atoms with van der Waals surface area (Å²) in [4.78, 5) is 32.0. The lowest BCUT2D eigenvalue weighted by atomic mass is 10.1. The van der Waals surface area contributed by atoms with Gasteiger partial charge in [0.05, 0.1) is 4.90 Å². The number of carbonyl (C=O) groups is 2. The summed E-state index contributed by atoms with van der Waals surface area (Å²) >= 11 is 0.